The summed E-state index contributed by atoms with van der Waals surface area (Å²) in [6.45, 7) is 2.26. The zero-order chi connectivity index (χ0) is 20.0. The molecule has 0 heterocycles. The number of unbranched alkanes of at least 4 members (excludes halogenated alkanes) is 1. The number of benzene rings is 2. The Morgan fingerprint density at radius 3 is 2.59 bits per heavy atom. The number of nitrogens with one attached hydrogen (secondary N) is 2. The van der Waals surface area contributed by atoms with E-state index in [0.717, 1.165) is 18.6 Å². The highest BCUT2D eigenvalue weighted by molar-refractivity contribution is 7.89. The molecule has 9 nitrogen and oxygen atoms in total. The second kappa shape index (κ2) is 8.60. The maximum absolute atomic E-state index is 12.3. The van der Waals surface area contributed by atoms with Gasteiger partial charge in [-0.15, -0.1) is 0 Å². The van der Waals surface area contributed by atoms with Crippen molar-refractivity contribution in [3.8, 4) is 5.75 Å². The van der Waals surface area contributed by atoms with E-state index in [-0.39, 0.29) is 16.1 Å². The van der Waals surface area contributed by atoms with Gasteiger partial charge in [-0.25, -0.2) is 13.1 Å². The number of hydrogen-bond acceptors (Lipinski definition) is 6. The molecule has 2 rings (SSSR count). The van der Waals surface area contributed by atoms with Crippen molar-refractivity contribution in [2.24, 2.45) is 0 Å². The van der Waals surface area contributed by atoms with Crippen molar-refractivity contribution >= 4 is 27.3 Å². The third-order valence-corrected chi connectivity index (χ3v) is 5.12. The van der Waals surface area contributed by atoms with E-state index in [0.29, 0.717) is 13.0 Å². The van der Waals surface area contributed by atoms with Crippen molar-refractivity contribution in [2.45, 2.75) is 24.7 Å². The van der Waals surface area contributed by atoms with Crippen LogP contribution in [0.2, 0.25) is 0 Å². The van der Waals surface area contributed by atoms with Gasteiger partial charge in [-0.2, -0.15) is 0 Å². The number of carbonyl (C=O) groups is 1. The molecule has 0 radical (unpaired) electrons. The molecule has 0 saturated heterocycles. The van der Waals surface area contributed by atoms with Gasteiger partial charge in [0.25, 0.3) is 5.91 Å². The number of amides is 1. The molecule has 2 aromatic rings. The van der Waals surface area contributed by atoms with Gasteiger partial charge >= 0.3 is 5.69 Å². The minimum atomic E-state index is -3.69. The summed E-state index contributed by atoms with van der Waals surface area (Å²) in [6.07, 6.45) is 1.56. The summed E-state index contributed by atoms with van der Waals surface area (Å²) in [4.78, 5) is 22.2. The van der Waals surface area contributed by atoms with Crippen LogP contribution in [0.25, 0.3) is 0 Å². The molecule has 0 atom stereocenters. The van der Waals surface area contributed by atoms with E-state index < -0.39 is 32.3 Å². The Bertz CT molecular complexity index is 959. The molecule has 0 fully saturated rings. The third kappa shape index (κ3) is 5.25. The molecular formula is C17H19N3O6S. The van der Waals surface area contributed by atoms with Gasteiger partial charge in [0.05, 0.1) is 9.82 Å². The van der Waals surface area contributed by atoms with E-state index >= 15 is 0 Å². The Balaban J connectivity index is 2.17. The number of nitro groups is 1. The van der Waals surface area contributed by atoms with Crippen LogP contribution in [-0.4, -0.2) is 30.9 Å². The lowest BCUT2D eigenvalue weighted by Gasteiger charge is -2.09. The Morgan fingerprint density at radius 2 is 1.96 bits per heavy atom. The quantitative estimate of drug-likeness (QED) is 0.358. The van der Waals surface area contributed by atoms with Crippen LogP contribution in [0.5, 0.6) is 5.75 Å². The van der Waals surface area contributed by atoms with E-state index in [4.69, 9.17) is 0 Å². The first kappa shape index (κ1) is 20.3. The number of carbonyl (C=O) groups excluding carboxylic acids is 1. The average molecular weight is 393 g/mol. The van der Waals surface area contributed by atoms with Gasteiger partial charge in [-0.1, -0.05) is 19.4 Å². The maximum Gasteiger partial charge on any atom is 0.310 e. The molecule has 27 heavy (non-hydrogen) atoms. The lowest BCUT2D eigenvalue weighted by atomic mass is 10.1. The van der Waals surface area contributed by atoms with E-state index in [9.17, 15) is 28.4 Å². The second-order valence-electron chi connectivity index (χ2n) is 5.69. The van der Waals surface area contributed by atoms with Gasteiger partial charge in [0.1, 0.15) is 0 Å². The summed E-state index contributed by atoms with van der Waals surface area (Å²) in [7, 11) is -3.69. The highest BCUT2D eigenvalue weighted by Gasteiger charge is 2.17. The molecule has 0 spiro atoms. The lowest BCUT2D eigenvalue weighted by molar-refractivity contribution is -0.385. The van der Waals surface area contributed by atoms with Crippen molar-refractivity contribution < 1.29 is 23.2 Å². The fraction of sp³-hybridized carbons (Fsp3) is 0.235. The number of nitro benzene ring substituents is 1. The molecule has 0 aromatic heterocycles. The Hall–Kier alpha value is -2.98. The standard InChI is InChI=1S/C17H19N3O6S/c1-2-3-9-18-27(25,26)14-6-4-5-13(11-14)19-17(22)12-7-8-15(20(23)24)16(21)10-12/h4-8,10-11,18,21H,2-3,9H2,1H3,(H,19,22). The van der Waals surface area contributed by atoms with Crippen LogP contribution >= 0.6 is 0 Å². The van der Waals surface area contributed by atoms with E-state index in [1.54, 1.807) is 0 Å². The minimum absolute atomic E-state index is 0.00273. The van der Waals surface area contributed by atoms with Crippen molar-refractivity contribution in [1.29, 1.82) is 0 Å². The highest BCUT2D eigenvalue weighted by Crippen LogP contribution is 2.26. The van der Waals surface area contributed by atoms with Crippen LogP contribution < -0.4 is 10.0 Å². The van der Waals surface area contributed by atoms with Gasteiger partial charge in [-0.3, -0.25) is 14.9 Å². The SMILES string of the molecule is CCCCNS(=O)(=O)c1cccc(NC(=O)c2ccc([N+](=O)[O-])c(O)c2)c1. The lowest BCUT2D eigenvalue weighted by Crippen LogP contribution is -2.24. The zero-order valence-electron chi connectivity index (χ0n) is 14.5. The number of sulfonamides is 1. The van der Waals surface area contributed by atoms with Crippen molar-refractivity contribution in [1.82, 2.24) is 4.72 Å². The maximum atomic E-state index is 12.3. The first-order chi connectivity index (χ1) is 12.7. The number of rotatable bonds is 8. The normalized spacial score (nSPS) is 11.1. The van der Waals surface area contributed by atoms with Crippen LogP contribution in [0.1, 0.15) is 30.1 Å². The van der Waals surface area contributed by atoms with Crippen molar-refractivity contribution in [3.63, 3.8) is 0 Å². The van der Waals surface area contributed by atoms with Crippen molar-refractivity contribution in [3.05, 3.63) is 58.1 Å². The molecular weight excluding hydrogens is 374 g/mol. The molecule has 0 unspecified atom stereocenters. The smallest absolute Gasteiger partial charge is 0.310 e. The van der Waals surface area contributed by atoms with E-state index in [1.807, 2.05) is 6.92 Å². The fourth-order valence-electron chi connectivity index (χ4n) is 2.23. The molecule has 2 aromatic carbocycles. The van der Waals surface area contributed by atoms with Gasteiger partial charge in [0, 0.05) is 23.9 Å². The predicted molar refractivity (Wildman–Crippen MR) is 99.3 cm³/mol. The average Bonchev–Trinajstić information content (AvgIpc) is 2.61. The number of nitrogens with zero attached hydrogens (tertiary/aromatic N) is 1. The van der Waals surface area contributed by atoms with Crippen LogP contribution in [0.3, 0.4) is 0 Å². The molecule has 0 saturated carbocycles. The number of aromatic hydroxyl groups is 1. The molecule has 1 amide bonds. The van der Waals surface area contributed by atoms with Crippen LogP contribution in [-0.2, 0) is 10.0 Å². The molecule has 0 aliphatic heterocycles. The van der Waals surface area contributed by atoms with Gasteiger partial charge in [0.2, 0.25) is 10.0 Å². The van der Waals surface area contributed by atoms with Crippen LogP contribution in [0, 0.1) is 10.1 Å². The largest absolute Gasteiger partial charge is 0.502 e. The fourth-order valence-corrected chi connectivity index (χ4v) is 3.35. The molecule has 0 aliphatic rings. The number of phenolic OH excluding ortho intramolecular Hbond substituents is 1. The summed E-state index contributed by atoms with van der Waals surface area (Å²) >= 11 is 0. The minimum Gasteiger partial charge on any atom is -0.502 e. The van der Waals surface area contributed by atoms with E-state index in [1.165, 1.54) is 30.3 Å². The summed E-state index contributed by atoms with van der Waals surface area (Å²) in [5.74, 6) is -1.28. The summed E-state index contributed by atoms with van der Waals surface area (Å²) < 4.78 is 27.0. The monoisotopic (exact) mass is 393 g/mol. The predicted octanol–water partition coefficient (Wildman–Crippen LogP) is 2.63. The topological polar surface area (TPSA) is 139 Å². The molecule has 10 heteroatoms. The third-order valence-electron chi connectivity index (χ3n) is 3.66. The number of phenols is 1. The second-order valence-corrected chi connectivity index (χ2v) is 7.46. The molecule has 0 bridgehead atoms. The Labute approximate surface area is 156 Å². The van der Waals surface area contributed by atoms with Crippen LogP contribution in [0.15, 0.2) is 47.4 Å². The molecule has 0 aliphatic carbocycles. The molecule has 3 N–H and O–H groups in total. The number of hydrogen-bond donors (Lipinski definition) is 3. The first-order valence-electron chi connectivity index (χ1n) is 8.13. The number of anilines is 1. The summed E-state index contributed by atoms with van der Waals surface area (Å²) in [5.41, 5.74) is -0.290. The van der Waals surface area contributed by atoms with Gasteiger partial charge in [0.15, 0.2) is 5.75 Å². The van der Waals surface area contributed by atoms with Gasteiger partial charge < -0.3 is 10.4 Å². The van der Waals surface area contributed by atoms with Gasteiger partial charge in [-0.05, 0) is 36.8 Å². The first-order valence-corrected chi connectivity index (χ1v) is 9.61. The van der Waals surface area contributed by atoms with E-state index in [2.05, 4.69) is 10.0 Å². The Kier molecular flexibility index (Phi) is 6.48. The molecule has 144 valence electrons. The van der Waals surface area contributed by atoms with Crippen molar-refractivity contribution in [2.75, 3.05) is 11.9 Å². The zero-order valence-corrected chi connectivity index (χ0v) is 15.3. The summed E-state index contributed by atoms with van der Waals surface area (Å²) in [5, 5.41) is 22.8. The summed E-state index contributed by atoms with van der Waals surface area (Å²) in [6, 6.07) is 8.88. The Morgan fingerprint density at radius 1 is 1.22 bits per heavy atom. The van der Waals surface area contributed by atoms with Crippen LogP contribution in [0.4, 0.5) is 11.4 Å². The highest BCUT2D eigenvalue weighted by atomic mass is 32.2.